The fourth-order valence-electron chi connectivity index (χ4n) is 1.09. The lowest BCUT2D eigenvalue weighted by molar-refractivity contribution is 0.111. The zero-order valence-electron chi connectivity index (χ0n) is 9.00. The van der Waals surface area contributed by atoms with Crippen LogP contribution in [0.4, 0.5) is 0 Å². The van der Waals surface area contributed by atoms with Crippen molar-refractivity contribution in [3.8, 4) is 5.75 Å². The van der Waals surface area contributed by atoms with Crippen molar-refractivity contribution in [2.75, 3.05) is 6.61 Å². The Balaban J connectivity index is 2.72. The topological polar surface area (TPSA) is 26.3 Å². The first kappa shape index (κ1) is 12.2. The van der Waals surface area contributed by atoms with Gasteiger partial charge >= 0.3 is 0 Å². The maximum Gasteiger partial charge on any atom is 0.153 e. The van der Waals surface area contributed by atoms with E-state index in [0.29, 0.717) is 23.8 Å². The average molecular weight is 271 g/mol. The molecule has 2 nitrogen and oxygen atoms in total. The van der Waals surface area contributed by atoms with E-state index in [0.717, 1.165) is 17.2 Å². The van der Waals surface area contributed by atoms with Gasteiger partial charge in [-0.3, -0.25) is 4.79 Å². The van der Waals surface area contributed by atoms with Crippen molar-refractivity contribution in [2.45, 2.75) is 20.3 Å². The molecule has 0 aromatic heterocycles. The van der Waals surface area contributed by atoms with E-state index in [2.05, 4.69) is 29.8 Å². The third-order valence-electron chi connectivity index (χ3n) is 2.32. The second kappa shape index (κ2) is 5.91. The predicted octanol–water partition coefficient (Wildman–Crippen LogP) is 3.69. The number of halogens is 1. The van der Waals surface area contributed by atoms with E-state index < -0.39 is 0 Å². The fraction of sp³-hybridized carbons (Fsp3) is 0.417. The van der Waals surface area contributed by atoms with Gasteiger partial charge in [0.25, 0.3) is 0 Å². The van der Waals surface area contributed by atoms with Crippen LogP contribution < -0.4 is 4.74 Å². The Morgan fingerprint density at radius 1 is 1.53 bits per heavy atom. The summed E-state index contributed by atoms with van der Waals surface area (Å²) in [6.45, 7) is 4.90. The van der Waals surface area contributed by atoms with Crippen molar-refractivity contribution in [2.24, 2.45) is 5.92 Å². The van der Waals surface area contributed by atoms with E-state index in [1.54, 1.807) is 6.07 Å². The molecule has 0 bridgehead atoms. The molecule has 0 saturated carbocycles. The van der Waals surface area contributed by atoms with Gasteiger partial charge in [0.05, 0.1) is 12.2 Å². The second-order valence-corrected chi connectivity index (χ2v) is 4.54. The van der Waals surface area contributed by atoms with Crippen LogP contribution in [-0.4, -0.2) is 12.9 Å². The summed E-state index contributed by atoms with van der Waals surface area (Å²) in [6.07, 6.45) is 1.89. The van der Waals surface area contributed by atoms with E-state index >= 15 is 0 Å². The van der Waals surface area contributed by atoms with Gasteiger partial charge in [-0.25, -0.2) is 0 Å². The molecule has 0 radical (unpaired) electrons. The molecule has 1 unspecified atom stereocenters. The normalized spacial score (nSPS) is 12.2. The van der Waals surface area contributed by atoms with E-state index in [9.17, 15) is 4.79 Å². The molecule has 82 valence electrons. The van der Waals surface area contributed by atoms with Gasteiger partial charge in [0.1, 0.15) is 5.75 Å². The van der Waals surface area contributed by atoms with Gasteiger partial charge < -0.3 is 4.74 Å². The summed E-state index contributed by atoms with van der Waals surface area (Å²) in [6, 6.07) is 5.45. The predicted molar refractivity (Wildman–Crippen MR) is 64.5 cm³/mol. The Bertz CT molecular complexity index is 336. The minimum Gasteiger partial charge on any atom is -0.493 e. The largest absolute Gasteiger partial charge is 0.493 e. The molecule has 0 spiro atoms. The molecule has 1 aromatic carbocycles. The molecule has 0 aliphatic carbocycles. The molecule has 15 heavy (non-hydrogen) atoms. The molecule has 0 heterocycles. The average Bonchev–Trinajstić information content (AvgIpc) is 2.26. The number of hydrogen-bond acceptors (Lipinski definition) is 2. The minimum absolute atomic E-state index is 0.508. The van der Waals surface area contributed by atoms with Gasteiger partial charge in [-0.1, -0.05) is 36.2 Å². The first-order valence-electron chi connectivity index (χ1n) is 5.05. The molecule has 1 atom stereocenters. The van der Waals surface area contributed by atoms with Crippen LogP contribution in [-0.2, 0) is 0 Å². The quantitative estimate of drug-likeness (QED) is 0.763. The second-order valence-electron chi connectivity index (χ2n) is 3.62. The highest BCUT2D eigenvalue weighted by Gasteiger charge is 2.05. The van der Waals surface area contributed by atoms with Crippen LogP contribution in [0, 0.1) is 5.92 Å². The van der Waals surface area contributed by atoms with Crippen molar-refractivity contribution in [3.63, 3.8) is 0 Å². The van der Waals surface area contributed by atoms with E-state index in [4.69, 9.17) is 4.74 Å². The van der Waals surface area contributed by atoms with Crippen molar-refractivity contribution in [1.82, 2.24) is 0 Å². The van der Waals surface area contributed by atoms with Gasteiger partial charge in [0, 0.05) is 4.47 Å². The van der Waals surface area contributed by atoms with E-state index in [1.807, 2.05) is 12.1 Å². The maximum atomic E-state index is 10.8. The van der Waals surface area contributed by atoms with Gasteiger partial charge in [-0.05, 0) is 24.1 Å². The number of benzene rings is 1. The van der Waals surface area contributed by atoms with Gasteiger partial charge in [0.15, 0.2) is 6.29 Å². The Kier molecular flexibility index (Phi) is 4.82. The summed E-state index contributed by atoms with van der Waals surface area (Å²) >= 11 is 3.32. The molecule has 0 fully saturated rings. The molecular formula is C12H15BrO2. The molecule has 0 N–H and O–H groups in total. The molecular weight excluding hydrogens is 256 g/mol. The van der Waals surface area contributed by atoms with Crippen molar-refractivity contribution >= 4 is 22.2 Å². The zero-order valence-corrected chi connectivity index (χ0v) is 10.6. The van der Waals surface area contributed by atoms with Gasteiger partial charge in [-0.15, -0.1) is 0 Å². The van der Waals surface area contributed by atoms with Crippen molar-refractivity contribution < 1.29 is 9.53 Å². The highest BCUT2D eigenvalue weighted by molar-refractivity contribution is 9.10. The Morgan fingerprint density at radius 3 is 2.87 bits per heavy atom. The van der Waals surface area contributed by atoms with Crippen LogP contribution in [0.1, 0.15) is 30.6 Å². The third-order valence-corrected chi connectivity index (χ3v) is 2.81. The van der Waals surface area contributed by atoms with E-state index in [1.165, 1.54) is 0 Å². The first-order chi connectivity index (χ1) is 7.17. The lowest BCUT2D eigenvalue weighted by Crippen LogP contribution is -2.08. The summed E-state index contributed by atoms with van der Waals surface area (Å²) < 4.78 is 6.47. The lowest BCUT2D eigenvalue weighted by Gasteiger charge is -2.12. The highest BCUT2D eigenvalue weighted by atomic mass is 79.9. The van der Waals surface area contributed by atoms with Crippen molar-refractivity contribution in [1.29, 1.82) is 0 Å². The monoisotopic (exact) mass is 270 g/mol. The van der Waals surface area contributed by atoms with Crippen LogP contribution in [0.2, 0.25) is 0 Å². The molecule has 0 saturated heterocycles. The Labute approximate surface area is 98.8 Å². The minimum atomic E-state index is 0.508. The smallest absolute Gasteiger partial charge is 0.153 e. The van der Waals surface area contributed by atoms with Crippen LogP contribution in [0.25, 0.3) is 0 Å². The molecule has 0 aliphatic heterocycles. The maximum absolute atomic E-state index is 10.8. The van der Waals surface area contributed by atoms with Crippen LogP contribution in [0.5, 0.6) is 5.75 Å². The summed E-state index contributed by atoms with van der Waals surface area (Å²) in [5.41, 5.74) is 0.590. The fourth-order valence-corrected chi connectivity index (χ4v) is 1.47. The number of aldehydes is 1. The van der Waals surface area contributed by atoms with E-state index in [-0.39, 0.29) is 0 Å². The number of carbonyl (C=O) groups is 1. The van der Waals surface area contributed by atoms with Gasteiger partial charge in [-0.2, -0.15) is 0 Å². The standard InChI is InChI=1S/C12H15BrO2/c1-3-9(2)8-15-12-5-4-11(13)6-10(12)7-14/h4-7,9H,3,8H2,1-2H3. The molecule has 0 aliphatic rings. The SMILES string of the molecule is CCC(C)COc1ccc(Br)cc1C=O. The number of hydrogen-bond donors (Lipinski definition) is 0. The molecule has 3 heteroatoms. The molecule has 1 rings (SSSR count). The summed E-state index contributed by atoms with van der Waals surface area (Å²) in [7, 11) is 0. The zero-order chi connectivity index (χ0) is 11.3. The third kappa shape index (κ3) is 3.67. The van der Waals surface area contributed by atoms with Gasteiger partial charge in [0.2, 0.25) is 0 Å². The number of carbonyl (C=O) groups excluding carboxylic acids is 1. The first-order valence-corrected chi connectivity index (χ1v) is 5.84. The molecule has 0 amide bonds. The summed E-state index contributed by atoms with van der Waals surface area (Å²) in [5.74, 6) is 1.17. The van der Waals surface area contributed by atoms with Crippen LogP contribution in [0.15, 0.2) is 22.7 Å². The van der Waals surface area contributed by atoms with Crippen molar-refractivity contribution in [3.05, 3.63) is 28.2 Å². The highest BCUT2D eigenvalue weighted by Crippen LogP contribution is 2.22. The van der Waals surface area contributed by atoms with Crippen LogP contribution in [0.3, 0.4) is 0 Å². The summed E-state index contributed by atoms with van der Waals surface area (Å²) in [4.78, 5) is 10.8. The lowest BCUT2D eigenvalue weighted by atomic mass is 10.1. The molecule has 1 aromatic rings. The summed E-state index contributed by atoms with van der Waals surface area (Å²) in [5, 5.41) is 0. The number of ether oxygens (including phenoxy) is 1. The van der Waals surface area contributed by atoms with Crippen LogP contribution >= 0.6 is 15.9 Å². The Hall–Kier alpha value is -0.830. The number of rotatable bonds is 5. The Morgan fingerprint density at radius 2 is 2.27 bits per heavy atom.